The molecular formula is C22H27Cl2N4O6+. The molecule has 10 nitrogen and oxygen atoms in total. The van der Waals surface area contributed by atoms with Gasteiger partial charge in [0.2, 0.25) is 5.78 Å². The predicted octanol–water partition coefficient (Wildman–Crippen LogP) is 1.73. The van der Waals surface area contributed by atoms with Crippen LogP contribution in [0.2, 0.25) is 0 Å². The molecule has 4 fully saturated rings. The van der Waals surface area contributed by atoms with E-state index in [1.807, 2.05) is 0 Å². The van der Waals surface area contributed by atoms with E-state index in [1.165, 1.54) is 30.3 Å². The topological polar surface area (TPSA) is 125 Å². The minimum atomic E-state index is -0.314. The lowest BCUT2D eigenvalue weighted by atomic mass is 10.1. The molecule has 4 bridgehead atoms. The van der Waals surface area contributed by atoms with Gasteiger partial charge < -0.3 is 20.4 Å². The molecular weight excluding hydrogens is 487 g/mol. The molecule has 0 aromatic heterocycles. The summed E-state index contributed by atoms with van der Waals surface area (Å²) in [4.78, 5) is 30.6. The van der Waals surface area contributed by atoms with Crippen LogP contribution in [0, 0.1) is 0 Å². The second-order valence-electron chi connectivity index (χ2n) is 8.75. The number of benzene rings is 2. The van der Waals surface area contributed by atoms with Crippen molar-refractivity contribution in [2.45, 2.75) is 0 Å². The summed E-state index contributed by atoms with van der Waals surface area (Å²) in [6.45, 7) is 6.11. The molecule has 0 amide bonds. The van der Waals surface area contributed by atoms with Crippen LogP contribution in [0.15, 0.2) is 36.4 Å². The Morgan fingerprint density at radius 3 is 1.53 bits per heavy atom. The number of halogens is 2. The van der Waals surface area contributed by atoms with Crippen molar-refractivity contribution in [2.75, 3.05) is 52.4 Å². The monoisotopic (exact) mass is 513 g/mol. The van der Waals surface area contributed by atoms with Crippen molar-refractivity contribution in [1.29, 1.82) is 0 Å². The summed E-state index contributed by atoms with van der Waals surface area (Å²) in [7, 11) is 0. The van der Waals surface area contributed by atoms with E-state index in [0.29, 0.717) is 17.7 Å². The van der Waals surface area contributed by atoms with Gasteiger partial charge in [0.1, 0.15) is 26.6 Å². The largest absolute Gasteiger partial charge is 0.504 e. The van der Waals surface area contributed by atoms with Gasteiger partial charge in [0.05, 0.1) is 25.9 Å². The van der Waals surface area contributed by atoms with Gasteiger partial charge in [-0.15, -0.1) is 24.0 Å². The van der Waals surface area contributed by atoms with E-state index in [4.69, 9.17) is 21.8 Å². The zero-order chi connectivity index (χ0) is 23.8. The number of phenols is 4. The fraction of sp³-hybridized carbons (Fsp3) is 0.364. The van der Waals surface area contributed by atoms with Crippen molar-refractivity contribution in [3.63, 3.8) is 0 Å². The van der Waals surface area contributed by atoms with Gasteiger partial charge in [0, 0.05) is 11.1 Å². The van der Waals surface area contributed by atoms with Crippen molar-refractivity contribution in [3.8, 4) is 23.0 Å². The Morgan fingerprint density at radius 2 is 1.15 bits per heavy atom. The number of alkyl halides is 1. The van der Waals surface area contributed by atoms with Gasteiger partial charge in [-0.05, 0) is 36.4 Å². The first-order valence-corrected chi connectivity index (χ1v) is 10.9. The number of Topliss-reactive ketones (excluding diaryl/α,β-unsaturated/α-hetero) is 2. The first-order chi connectivity index (χ1) is 15.7. The Kier molecular flexibility index (Phi) is 7.91. The second kappa shape index (κ2) is 10.3. The maximum Gasteiger partial charge on any atom is 0.217 e. The van der Waals surface area contributed by atoms with Gasteiger partial charge >= 0.3 is 0 Å². The Morgan fingerprint density at radius 1 is 0.735 bits per heavy atom. The van der Waals surface area contributed by atoms with Crippen LogP contribution in [0.25, 0.3) is 0 Å². The van der Waals surface area contributed by atoms with Crippen molar-refractivity contribution in [1.82, 2.24) is 14.7 Å². The van der Waals surface area contributed by atoms with Crippen LogP contribution in [0.5, 0.6) is 23.0 Å². The van der Waals surface area contributed by atoms with E-state index in [-0.39, 0.29) is 52.9 Å². The van der Waals surface area contributed by atoms with E-state index in [1.54, 1.807) is 6.07 Å². The number of hydrogen-bond acceptors (Lipinski definition) is 9. The lowest BCUT2D eigenvalue weighted by Crippen LogP contribution is -2.79. The molecule has 6 rings (SSSR count). The molecule has 34 heavy (non-hydrogen) atoms. The van der Waals surface area contributed by atoms with Crippen molar-refractivity contribution >= 4 is 35.6 Å². The zero-order valence-electron chi connectivity index (χ0n) is 18.3. The Hall–Kier alpha value is -2.60. The summed E-state index contributed by atoms with van der Waals surface area (Å²) in [5.41, 5.74) is 0.750. The van der Waals surface area contributed by atoms with E-state index >= 15 is 0 Å². The molecule has 0 unspecified atom stereocenters. The summed E-state index contributed by atoms with van der Waals surface area (Å²) >= 11 is 5.28. The van der Waals surface area contributed by atoms with E-state index in [2.05, 4.69) is 14.7 Å². The quantitative estimate of drug-likeness (QED) is 0.204. The number of carbonyl (C=O) groups excluding carboxylic acids is 2. The summed E-state index contributed by atoms with van der Waals surface area (Å²) in [6.07, 6.45) is 0. The molecule has 4 saturated heterocycles. The van der Waals surface area contributed by atoms with Gasteiger partial charge in [-0.1, -0.05) is 0 Å². The lowest BCUT2D eigenvalue weighted by Gasteiger charge is -2.60. The Balaban J connectivity index is 0.000000215. The molecule has 0 saturated carbocycles. The van der Waals surface area contributed by atoms with Crippen molar-refractivity contribution < 1.29 is 34.5 Å². The van der Waals surface area contributed by atoms with Crippen molar-refractivity contribution in [2.24, 2.45) is 0 Å². The summed E-state index contributed by atoms with van der Waals surface area (Å²) in [5.74, 6) is -1.41. The van der Waals surface area contributed by atoms with Gasteiger partial charge in [0.15, 0.2) is 28.8 Å². The van der Waals surface area contributed by atoms with Crippen LogP contribution in [0.1, 0.15) is 20.7 Å². The zero-order valence-corrected chi connectivity index (χ0v) is 19.9. The highest BCUT2D eigenvalue weighted by molar-refractivity contribution is 6.30. The average Bonchev–Trinajstić information content (AvgIpc) is 2.76. The van der Waals surface area contributed by atoms with Crippen LogP contribution < -0.4 is 0 Å². The third kappa shape index (κ3) is 5.54. The van der Waals surface area contributed by atoms with Gasteiger partial charge in [0.25, 0.3) is 0 Å². The molecule has 2 aromatic rings. The van der Waals surface area contributed by atoms with E-state index in [0.717, 1.165) is 44.5 Å². The molecule has 4 heterocycles. The van der Waals surface area contributed by atoms with Crippen molar-refractivity contribution in [3.05, 3.63) is 47.5 Å². The molecule has 2 aromatic carbocycles. The number of hydrogen-bond donors (Lipinski definition) is 4. The SMILES string of the molecule is Cl.O=C(CCl)c1ccc(O)c(O)c1.O=C(C[N+]12CN3CN(CN(C3)C1)C2)c1ccc(O)c(O)c1. The molecule has 12 heteroatoms. The van der Waals surface area contributed by atoms with Gasteiger partial charge in [-0.2, -0.15) is 0 Å². The smallest absolute Gasteiger partial charge is 0.217 e. The van der Waals surface area contributed by atoms with Gasteiger partial charge in [-0.25, -0.2) is 14.7 Å². The first-order valence-electron chi connectivity index (χ1n) is 10.4. The van der Waals surface area contributed by atoms with E-state index < -0.39 is 0 Å². The molecule has 4 aliphatic rings. The fourth-order valence-electron chi connectivity index (χ4n) is 4.67. The number of aromatic hydroxyl groups is 4. The minimum Gasteiger partial charge on any atom is -0.504 e. The van der Waals surface area contributed by atoms with Gasteiger partial charge in [-0.3, -0.25) is 14.1 Å². The maximum atomic E-state index is 12.5. The predicted molar refractivity (Wildman–Crippen MR) is 126 cm³/mol. The number of nitrogens with zero attached hydrogens (tertiary/aromatic N) is 4. The average molecular weight is 514 g/mol. The minimum absolute atomic E-state index is 0. The number of quaternary nitrogens is 1. The first kappa shape index (κ1) is 26.0. The highest BCUT2D eigenvalue weighted by Gasteiger charge is 2.49. The van der Waals surface area contributed by atoms with Crippen LogP contribution >= 0.6 is 24.0 Å². The highest BCUT2D eigenvalue weighted by atomic mass is 35.5. The number of phenolic OH excluding ortho intramolecular Hbond substituents is 4. The number of ketones is 2. The molecule has 0 radical (unpaired) electrons. The molecule has 4 N–H and O–H groups in total. The molecule has 0 atom stereocenters. The van der Waals surface area contributed by atoms with Crippen LogP contribution in [-0.2, 0) is 0 Å². The summed E-state index contributed by atoms with van der Waals surface area (Å²) in [6, 6.07) is 8.12. The van der Waals surface area contributed by atoms with Crippen LogP contribution in [-0.4, -0.2) is 104 Å². The maximum absolute atomic E-state index is 12.5. The normalized spacial score (nSPS) is 26.2. The molecule has 0 spiro atoms. The molecule has 0 aliphatic carbocycles. The number of rotatable bonds is 5. The highest BCUT2D eigenvalue weighted by Crippen LogP contribution is 2.30. The third-order valence-corrected chi connectivity index (χ3v) is 6.14. The Bertz CT molecular complexity index is 1050. The Labute approximate surface area is 207 Å². The standard InChI is InChI=1S/C14H18N4O3.C8H7ClO3.ClH/c19-12-2-1-11(3-13(12)20)14(21)4-18-8-15-5-16(9-18)7-17(6-15)10-18;9-4-8(12)5-1-2-6(10)7(11)3-5;/h1-3H,4-10H2,(H-,19,20,21);1-3,10-11H,4H2;1H/p+1. The molecule has 4 aliphatic heterocycles. The summed E-state index contributed by atoms with van der Waals surface area (Å²) < 4.78 is 0.737. The third-order valence-electron chi connectivity index (χ3n) is 5.90. The lowest BCUT2D eigenvalue weighted by molar-refractivity contribution is -0.973. The van der Waals surface area contributed by atoms with Crippen LogP contribution in [0.4, 0.5) is 0 Å². The molecule has 184 valence electrons. The second-order valence-corrected chi connectivity index (χ2v) is 9.01. The fourth-order valence-corrected chi connectivity index (χ4v) is 4.83. The summed E-state index contributed by atoms with van der Waals surface area (Å²) in [5, 5.41) is 36.8. The van der Waals surface area contributed by atoms with E-state index in [9.17, 15) is 19.8 Å². The van der Waals surface area contributed by atoms with Crippen LogP contribution in [0.3, 0.4) is 0 Å². The number of carbonyl (C=O) groups is 2.